The molecule has 1 N–H and O–H groups in total. The Kier molecular flexibility index (Phi) is 6.42. The van der Waals surface area contributed by atoms with Gasteiger partial charge in [-0.3, -0.25) is 9.78 Å². The van der Waals surface area contributed by atoms with Gasteiger partial charge in [-0.05, 0) is 43.9 Å². The van der Waals surface area contributed by atoms with Gasteiger partial charge in [-0.2, -0.15) is 0 Å². The van der Waals surface area contributed by atoms with E-state index in [-0.39, 0.29) is 0 Å². The lowest BCUT2D eigenvalue weighted by molar-refractivity contribution is -0.118. The largest absolute Gasteiger partial charge is 0.312 e. The van der Waals surface area contributed by atoms with Crippen molar-refractivity contribution in [1.29, 1.82) is 0 Å². The third kappa shape index (κ3) is 4.44. The zero-order chi connectivity index (χ0) is 20.4. The molecule has 0 fully saturated rings. The van der Waals surface area contributed by atoms with Crippen LogP contribution in [0, 0.1) is 12.8 Å². The van der Waals surface area contributed by atoms with Gasteiger partial charge >= 0.3 is 0 Å². The normalized spacial score (nSPS) is 14.9. The van der Waals surface area contributed by atoms with E-state index in [1.807, 2.05) is 30.5 Å². The molecule has 0 saturated heterocycles. The number of thiophene rings is 1. The van der Waals surface area contributed by atoms with E-state index in [0.29, 0.717) is 24.5 Å². The first kappa shape index (κ1) is 20.6. The SMILES string of the molecule is CC[C@H](C)CCCC(=O)Cc1sc2c(c1-c1nc3c(C)nccc3s1)CCNC2. The molecule has 4 heterocycles. The summed E-state index contributed by atoms with van der Waals surface area (Å²) in [4.78, 5) is 24.7. The van der Waals surface area contributed by atoms with Gasteiger partial charge in [-0.15, -0.1) is 22.7 Å². The van der Waals surface area contributed by atoms with E-state index in [2.05, 4.69) is 24.1 Å². The molecule has 0 bridgehead atoms. The molecule has 0 aromatic carbocycles. The lowest BCUT2D eigenvalue weighted by atomic mass is 9.98. The lowest BCUT2D eigenvalue weighted by Crippen LogP contribution is -2.22. The number of rotatable bonds is 8. The highest BCUT2D eigenvalue weighted by Gasteiger charge is 2.25. The Hall–Kier alpha value is -1.63. The van der Waals surface area contributed by atoms with Crippen LogP contribution in [0.1, 0.15) is 60.5 Å². The molecule has 4 nitrogen and oxygen atoms in total. The van der Waals surface area contributed by atoms with E-state index >= 15 is 0 Å². The van der Waals surface area contributed by atoms with E-state index in [1.165, 1.54) is 32.0 Å². The topological polar surface area (TPSA) is 54.9 Å². The predicted octanol–water partition coefficient (Wildman–Crippen LogP) is 5.70. The van der Waals surface area contributed by atoms with E-state index in [1.54, 1.807) is 11.3 Å². The third-order valence-electron chi connectivity index (χ3n) is 5.91. The van der Waals surface area contributed by atoms with Gasteiger partial charge in [0.05, 0.1) is 10.4 Å². The molecule has 1 atom stereocenters. The number of hydrogen-bond acceptors (Lipinski definition) is 6. The average Bonchev–Trinajstić information content (AvgIpc) is 3.29. The minimum Gasteiger partial charge on any atom is -0.312 e. The Bertz CT molecular complexity index is 1020. The van der Waals surface area contributed by atoms with Crippen LogP contribution in [0.3, 0.4) is 0 Å². The maximum absolute atomic E-state index is 12.8. The molecule has 0 amide bonds. The third-order valence-corrected chi connectivity index (χ3v) is 8.18. The van der Waals surface area contributed by atoms with Crippen LogP contribution in [-0.4, -0.2) is 22.3 Å². The van der Waals surface area contributed by atoms with Crippen LogP contribution in [0.25, 0.3) is 20.8 Å². The molecule has 0 spiro atoms. The second-order valence-corrected chi connectivity index (χ2v) is 10.3. The highest BCUT2D eigenvalue weighted by molar-refractivity contribution is 7.22. The second-order valence-electron chi connectivity index (χ2n) is 8.11. The number of aromatic nitrogens is 2. The highest BCUT2D eigenvalue weighted by atomic mass is 32.1. The maximum Gasteiger partial charge on any atom is 0.138 e. The maximum atomic E-state index is 12.8. The van der Waals surface area contributed by atoms with Crippen LogP contribution in [0.2, 0.25) is 0 Å². The Morgan fingerprint density at radius 1 is 1.34 bits per heavy atom. The summed E-state index contributed by atoms with van der Waals surface area (Å²) in [6.45, 7) is 8.40. The van der Waals surface area contributed by atoms with Crippen molar-refractivity contribution < 1.29 is 4.79 Å². The number of aryl methyl sites for hydroxylation is 1. The minimum absolute atomic E-state index is 0.361. The number of pyridine rings is 1. The number of nitrogens with zero attached hydrogens (tertiary/aromatic N) is 2. The van der Waals surface area contributed by atoms with Crippen LogP contribution >= 0.6 is 22.7 Å². The molecule has 0 aliphatic carbocycles. The van der Waals surface area contributed by atoms with Crippen molar-refractivity contribution >= 4 is 38.7 Å². The predicted molar refractivity (Wildman–Crippen MR) is 123 cm³/mol. The molecule has 1 aliphatic heterocycles. The first-order valence-electron chi connectivity index (χ1n) is 10.6. The molecule has 3 aromatic heterocycles. The number of nitrogens with one attached hydrogen (secondary N) is 1. The smallest absolute Gasteiger partial charge is 0.138 e. The van der Waals surface area contributed by atoms with Gasteiger partial charge in [0.25, 0.3) is 0 Å². The van der Waals surface area contributed by atoms with Gasteiger partial charge in [-0.1, -0.05) is 26.7 Å². The molecule has 154 valence electrons. The molecular weight excluding hydrogens is 398 g/mol. The van der Waals surface area contributed by atoms with Crippen molar-refractivity contribution in [3.63, 3.8) is 0 Å². The lowest BCUT2D eigenvalue weighted by Gasteiger charge is -2.13. The molecular formula is C23H29N3OS2. The van der Waals surface area contributed by atoms with Crippen LogP contribution in [-0.2, 0) is 24.2 Å². The van der Waals surface area contributed by atoms with Crippen LogP contribution in [0.5, 0.6) is 0 Å². The number of hydrogen-bond donors (Lipinski definition) is 1. The molecule has 3 aromatic rings. The van der Waals surface area contributed by atoms with Crippen molar-refractivity contribution in [1.82, 2.24) is 15.3 Å². The summed E-state index contributed by atoms with van der Waals surface area (Å²) >= 11 is 3.54. The standard InChI is InChI=1S/C23H29N3OS2/c1-4-14(2)6-5-7-16(27)12-19-21(17-8-10-24-13-20(17)28-19)23-26-22-15(3)25-11-9-18(22)29-23/h9,11,14,24H,4-8,10,12-13H2,1-3H3/t14-/m0/s1. The highest BCUT2D eigenvalue weighted by Crippen LogP contribution is 2.42. The van der Waals surface area contributed by atoms with E-state index in [4.69, 9.17) is 4.98 Å². The van der Waals surface area contributed by atoms with Crippen LogP contribution in [0.4, 0.5) is 0 Å². The summed E-state index contributed by atoms with van der Waals surface area (Å²) in [5, 5.41) is 4.53. The van der Waals surface area contributed by atoms with Crippen LogP contribution < -0.4 is 5.32 Å². The van der Waals surface area contributed by atoms with Gasteiger partial charge in [0.1, 0.15) is 16.3 Å². The van der Waals surface area contributed by atoms with Crippen molar-refractivity contribution in [3.8, 4) is 10.6 Å². The fourth-order valence-corrected chi connectivity index (χ4v) is 6.50. The minimum atomic E-state index is 0.361. The van der Waals surface area contributed by atoms with Crippen molar-refractivity contribution in [3.05, 3.63) is 33.3 Å². The molecule has 1 aliphatic rings. The Morgan fingerprint density at radius 3 is 3.00 bits per heavy atom. The summed E-state index contributed by atoms with van der Waals surface area (Å²) < 4.78 is 1.17. The summed E-state index contributed by atoms with van der Waals surface area (Å²) in [5.74, 6) is 1.07. The van der Waals surface area contributed by atoms with Crippen LogP contribution in [0.15, 0.2) is 12.3 Å². The number of carbonyl (C=O) groups is 1. The second kappa shape index (κ2) is 9.02. The van der Waals surface area contributed by atoms with Gasteiger partial charge < -0.3 is 5.32 Å². The molecule has 0 unspecified atom stereocenters. The Balaban J connectivity index is 1.63. The first-order chi connectivity index (χ1) is 14.1. The molecule has 0 radical (unpaired) electrons. The van der Waals surface area contributed by atoms with Crippen molar-refractivity contribution in [2.75, 3.05) is 6.54 Å². The fourth-order valence-electron chi connectivity index (χ4n) is 3.97. The first-order valence-corrected chi connectivity index (χ1v) is 12.3. The van der Waals surface area contributed by atoms with Gasteiger partial charge in [0.2, 0.25) is 0 Å². The fraction of sp³-hybridized carbons (Fsp3) is 0.522. The summed E-state index contributed by atoms with van der Waals surface area (Å²) in [6.07, 6.45) is 7.43. The average molecular weight is 428 g/mol. The number of carbonyl (C=O) groups excluding carboxylic acids is 1. The Labute approximate surface area is 180 Å². The Morgan fingerprint density at radius 2 is 2.21 bits per heavy atom. The number of thiazole rings is 1. The van der Waals surface area contributed by atoms with Gasteiger partial charge in [0, 0.05) is 40.9 Å². The zero-order valence-electron chi connectivity index (χ0n) is 17.5. The molecule has 6 heteroatoms. The summed E-state index contributed by atoms with van der Waals surface area (Å²) in [6, 6.07) is 2.05. The van der Waals surface area contributed by atoms with Crippen molar-refractivity contribution in [2.45, 2.75) is 65.8 Å². The molecule has 4 rings (SSSR count). The van der Waals surface area contributed by atoms with E-state index in [9.17, 15) is 4.79 Å². The summed E-state index contributed by atoms with van der Waals surface area (Å²) in [5.41, 5.74) is 4.61. The summed E-state index contributed by atoms with van der Waals surface area (Å²) in [7, 11) is 0. The zero-order valence-corrected chi connectivity index (χ0v) is 19.1. The van der Waals surface area contributed by atoms with Gasteiger partial charge in [-0.25, -0.2) is 4.98 Å². The number of Topliss-reactive ketones (excluding diaryl/α,β-unsaturated/α-hetero) is 1. The molecule has 29 heavy (non-hydrogen) atoms. The van der Waals surface area contributed by atoms with E-state index in [0.717, 1.165) is 48.6 Å². The number of fused-ring (bicyclic) bond motifs is 2. The van der Waals surface area contributed by atoms with E-state index < -0.39 is 0 Å². The quantitative estimate of drug-likeness (QED) is 0.501. The monoisotopic (exact) mass is 427 g/mol. The number of ketones is 1. The van der Waals surface area contributed by atoms with Crippen molar-refractivity contribution in [2.24, 2.45) is 5.92 Å². The molecule has 0 saturated carbocycles. The van der Waals surface area contributed by atoms with Gasteiger partial charge in [0.15, 0.2) is 0 Å².